The summed E-state index contributed by atoms with van der Waals surface area (Å²) in [6, 6.07) is 6.16. The van der Waals surface area contributed by atoms with Crippen LogP contribution in [0.25, 0.3) is 11.5 Å². The maximum absolute atomic E-state index is 12.1. The number of rotatable bonds is 4. The van der Waals surface area contributed by atoms with Crippen LogP contribution in [0.4, 0.5) is 10.5 Å². The second kappa shape index (κ2) is 7.12. The molecule has 2 amide bonds. The second-order valence-corrected chi connectivity index (χ2v) is 6.18. The van der Waals surface area contributed by atoms with Gasteiger partial charge in [-0.05, 0) is 52.0 Å². The lowest BCUT2D eigenvalue weighted by molar-refractivity contribution is -0.117. The van der Waals surface area contributed by atoms with Gasteiger partial charge >= 0.3 is 6.09 Å². The molecule has 0 bridgehead atoms. The van der Waals surface area contributed by atoms with Gasteiger partial charge in [0.15, 0.2) is 0 Å². The highest BCUT2D eigenvalue weighted by Crippen LogP contribution is 2.19. The molecular formula is C16H20N4O4. The van der Waals surface area contributed by atoms with Gasteiger partial charge in [-0.1, -0.05) is 0 Å². The summed E-state index contributed by atoms with van der Waals surface area (Å²) in [6.45, 7) is 6.83. The number of hydrogen-bond donors (Lipinski definition) is 2. The maximum Gasteiger partial charge on any atom is 0.408 e. The van der Waals surface area contributed by atoms with Crippen LogP contribution in [0.3, 0.4) is 0 Å². The van der Waals surface area contributed by atoms with Crippen LogP contribution in [0.2, 0.25) is 0 Å². The van der Waals surface area contributed by atoms with Gasteiger partial charge in [-0.2, -0.15) is 0 Å². The number of carbonyl (C=O) groups is 2. The Hall–Kier alpha value is -2.90. The third-order valence-electron chi connectivity index (χ3n) is 2.89. The smallest absolute Gasteiger partial charge is 0.408 e. The van der Waals surface area contributed by atoms with E-state index in [4.69, 9.17) is 9.15 Å². The molecule has 1 heterocycles. The second-order valence-electron chi connectivity index (χ2n) is 6.18. The van der Waals surface area contributed by atoms with Gasteiger partial charge in [-0.25, -0.2) is 4.79 Å². The van der Waals surface area contributed by atoms with Gasteiger partial charge in [0, 0.05) is 11.3 Å². The molecule has 8 heteroatoms. The van der Waals surface area contributed by atoms with Gasteiger partial charge in [0.25, 0.3) is 0 Å². The summed E-state index contributed by atoms with van der Waals surface area (Å²) in [6.07, 6.45) is 0.603. The van der Waals surface area contributed by atoms with Crippen molar-refractivity contribution >= 4 is 17.7 Å². The van der Waals surface area contributed by atoms with Gasteiger partial charge in [0.05, 0.1) is 0 Å². The first-order chi connectivity index (χ1) is 11.2. The Kier molecular flexibility index (Phi) is 5.18. The molecule has 24 heavy (non-hydrogen) atoms. The molecule has 2 rings (SSSR count). The third-order valence-corrected chi connectivity index (χ3v) is 2.89. The molecule has 1 aromatic carbocycles. The molecule has 0 aliphatic carbocycles. The van der Waals surface area contributed by atoms with Gasteiger partial charge < -0.3 is 19.8 Å². The van der Waals surface area contributed by atoms with E-state index in [2.05, 4.69) is 20.8 Å². The van der Waals surface area contributed by atoms with E-state index >= 15 is 0 Å². The third kappa shape index (κ3) is 5.08. The first-order valence-electron chi connectivity index (χ1n) is 7.41. The predicted octanol–water partition coefficient (Wildman–Crippen LogP) is 2.59. The largest absolute Gasteiger partial charge is 0.444 e. The van der Waals surface area contributed by atoms with E-state index in [1.165, 1.54) is 6.39 Å². The van der Waals surface area contributed by atoms with Crippen molar-refractivity contribution in [3.05, 3.63) is 30.7 Å². The van der Waals surface area contributed by atoms with Crippen LogP contribution in [0.15, 0.2) is 35.1 Å². The molecular weight excluding hydrogens is 312 g/mol. The van der Waals surface area contributed by atoms with Crippen LogP contribution >= 0.6 is 0 Å². The summed E-state index contributed by atoms with van der Waals surface area (Å²) in [5.74, 6) is 0.0410. The number of hydrogen-bond acceptors (Lipinski definition) is 6. The number of nitrogens with zero attached hydrogens (tertiary/aromatic N) is 2. The van der Waals surface area contributed by atoms with Crippen LogP contribution < -0.4 is 10.6 Å². The van der Waals surface area contributed by atoms with Gasteiger partial charge in [0.1, 0.15) is 11.6 Å². The molecule has 0 saturated heterocycles. The normalized spacial score (nSPS) is 12.3. The van der Waals surface area contributed by atoms with Crippen LogP contribution in [-0.2, 0) is 9.53 Å². The number of alkyl carbamates (subject to hydrolysis) is 1. The summed E-state index contributed by atoms with van der Waals surface area (Å²) in [7, 11) is 0. The molecule has 0 aliphatic rings. The molecule has 1 aromatic heterocycles. The molecule has 2 N–H and O–H groups in total. The molecule has 1 atom stereocenters. The lowest BCUT2D eigenvalue weighted by Crippen LogP contribution is -2.43. The van der Waals surface area contributed by atoms with Gasteiger partial charge in [0.2, 0.25) is 18.2 Å². The minimum Gasteiger partial charge on any atom is -0.444 e. The highest BCUT2D eigenvalue weighted by Gasteiger charge is 2.21. The average molecular weight is 332 g/mol. The zero-order chi connectivity index (χ0) is 17.7. The number of carbonyl (C=O) groups excluding carboxylic acids is 2. The summed E-state index contributed by atoms with van der Waals surface area (Å²) in [5.41, 5.74) is 0.705. The molecule has 0 radical (unpaired) electrons. The van der Waals surface area contributed by atoms with E-state index in [9.17, 15) is 9.59 Å². The van der Waals surface area contributed by atoms with Crippen LogP contribution in [0.1, 0.15) is 27.7 Å². The van der Waals surface area contributed by atoms with E-state index in [0.717, 1.165) is 5.56 Å². The van der Waals surface area contributed by atoms with Crippen molar-refractivity contribution in [1.29, 1.82) is 0 Å². The predicted molar refractivity (Wildman–Crippen MR) is 87.2 cm³/mol. The fourth-order valence-electron chi connectivity index (χ4n) is 1.80. The number of amides is 2. The Balaban J connectivity index is 1.90. The van der Waals surface area contributed by atoms with Crippen LogP contribution in [0.5, 0.6) is 0 Å². The van der Waals surface area contributed by atoms with E-state index in [1.54, 1.807) is 52.0 Å². The minimum absolute atomic E-state index is 0.355. The maximum atomic E-state index is 12.1. The molecule has 0 unspecified atom stereocenters. The highest BCUT2D eigenvalue weighted by molar-refractivity contribution is 5.96. The minimum atomic E-state index is -0.740. The van der Waals surface area contributed by atoms with Crippen LogP contribution in [0, 0.1) is 0 Å². The van der Waals surface area contributed by atoms with E-state index in [-0.39, 0.29) is 5.91 Å². The zero-order valence-electron chi connectivity index (χ0n) is 14.0. The van der Waals surface area contributed by atoms with E-state index in [0.29, 0.717) is 11.6 Å². The monoisotopic (exact) mass is 332 g/mol. The van der Waals surface area contributed by atoms with Crippen molar-refractivity contribution in [3.8, 4) is 11.5 Å². The molecule has 0 fully saturated rings. The van der Waals surface area contributed by atoms with Crippen molar-refractivity contribution in [2.24, 2.45) is 0 Å². The van der Waals surface area contributed by atoms with Crippen molar-refractivity contribution < 1.29 is 18.7 Å². The van der Waals surface area contributed by atoms with Crippen molar-refractivity contribution in [1.82, 2.24) is 15.5 Å². The van der Waals surface area contributed by atoms with Crippen molar-refractivity contribution in [3.63, 3.8) is 0 Å². The number of aromatic nitrogens is 2. The number of ether oxygens (including phenoxy) is 1. The Labute approximate surface area is 139 Å². The van der Waals surface area contributed by atoms with Crippen LogP contribution in [-0.4, -0.2) is 33.8 Å². The zero-order valence-corrected chi connectivity index (χ0v) is 14.0. The summed E-state index contributed by atoms with van der Waals surface area (Å²) >= 11 is 0. The summed E-state index contributed by atoms with van der Waals surface area (Å²) < 4.78 is 10.2. The van der Waals surface area contributed by atoms with Crippen molar-refractivity contribution in [2.75, 3.05) is 5.32 Å². The highest BCUT2D eigenvalue weighted by atomic mass is 16.6. The van der Waals surface area contributed by atoms with E-state index < -0.39 is 17.7 Å². The van der Waals surface area contributed by atoms with Crippen molar-refractivity contribution in [2.45, 2.75) is 39.3 Å². The fourth-order valence-corrected chi connectivity index (χ4v) is 1.80. The Morgan fingerprint density at radius 2 is 1.88 bits per heavy atom. The number of benzene rings is 1. The first kappa shape index (κ1) is 17.5. The van der Waals surface area contributed by atoms with Gasteiger partial charge in [-0.3, -0.25) is 4.79 Å². The topological polar surface area (TPSA) is 106 Å². The first-order valence-corrected chi connectivity index (χ1v) is 7.41. The standard InChI is InChI=1S/C16H20N4O4/c1-10(18-15(22)24-16(2,3)4)13(21)19-12-7-5-11(6-8-12)14-20-17-9-23-14/h5-10H,1-4H3,(H,18,22)(H,19,21)/t10-/m0/s1. The average Bonchev–Trinajstić information content (AvgIpc) is 3.00. The number of anilines is 1. The molecule has 8 nitrogen and oxygen atoms in total. The Morgan fingerprint density at radius 1 is 1.21 bits per heavy atom. The quantitative estimate of drug-likeness (QED) is 0.891. The fraction of sp³-hybridized carbons (Fsp3) is 0.375. The lowest BCUT2D eigenvalue weighted by Gasteiger charge is -2.21. The molecule has 0 aliphatic heterocycles. The Bertz CT molecular complexity index is 690. The summed E-state index contributed by atoms with van der Waals surface area (Å²) in [5, 5.41) is 12.6. The number of nitrogens with one attached hydrogen (secondary N) is 2. The molecule has 128 valence electrons. The molecule has 0 spiro atoms. The SMILES string of the molecule is C[C@H](NC(=O)OC(C)(C)C)C(=O)Nc1ccc(-c2nnco2)cc1. The van der Waals surface area contributed by atoms with E-state index in [1.807, 2.05) is 0 Å². The summed E-state index contributed by atoms with van der Waals surface area (Å²) in [4.78, 5) is 23.8. The molecule has 0 saturated carbocycles. The molecule has 2 aromatic rings. The lowest BCUT2D eigenvalue weighted by atomic mass is 10.2. The Morgan fingerprint density at radius 3 is 2.42 bits per heavy atom. The van der Waals surface area contributed by atoms with Gasteiger partial charge in [-0.15, -0.1) is 10.2 Å².